The van der Waals surface area contributed by atoms with Crippen molar-refractivity contribution in [2.75, 3.05) is 4.90 Å². The maximum absolute atomic E-state index is 6.16. The van der Waals surface area contributed by atoms with Crippen molar-refractivity contribution in [1.29, 1.82) is 0 Å². The van der Waals surface area contributed by atoms with E-state index >= 15 is 0 Å². The van der Waals surface area contributed by atoms with E-state index in [0.29, 0.717) is 0 Å². The third kappa shape index (κ3) is 5.32. The lowest BCUT2D eigenvalue weighted by molar-refractivity contribution is 0.668. The first-order valence-electron chi connectivity index (χ1n) is 17.3. The van der Waals surface area contributed by atoms with Crippen molar-refractivity contribution in [3.05, 3.63) is 182 Å². The molecule has 0 atom stereocenters. The van der Waals surface area contributed by atoms with Crippen LogP contribution in [0.25, 0.3) is 77.3 Å². The lowest BCUT2D eigenvalue weighted by atomic mass is 10.0. The molecule has 0 fully saturated rings. The van der Waals surface area contributed by atoms with E-state index in [1.54, 1.807) is 0 Å². The van der Waals surface area contributed by atoms with Gasteiger partial charge in [-0.2, -0.15) is 0 Å². The molecule has 4 aromatic heterocycles. The first kappa shape index (κ1) is 29.8. The van der Waals surface area contributed by atoms with Crippen LogP contribution >= 0.6 is 0 Å². The molecule has 5 heteroatoms. The third-order valence-corrected chi connectivity index (χ3v) is 9.81. The summed E-state index contributed by atoms with van der Waals surface area (Å²) in [5.41, 5.74) is 13.3. The number of furan rings is 1. The van der Waals surface area contributed by atoms with Crippen LogP contribution in [0.2, 0.25) is 0 Å². The summed E-state index contributed by atoms with van der Waals surface area (Å²) in [5, 5.41) is 4.37. The highest BCUT2D eigenvalue weighted by Gasteiger charge is 2.15. The summed E-state index contributed by atoms with van der Waals surface area (Å²) in [6, 6.07) is 57.2. The molecule has 0 saturated carbocycles. The summed E-state index contributed by atoms with van der Waals surface area (Å²) in [6.45, 7) is 0. The molecule has 6 aromatic carbocycles. The molecular weight excluding hydrogens is 637 g/mol. The van der Waals surface area contributed by atoms with E-state index in [9.17, 15) is 0 Å². The second kappa shape index (κ2) is 12.3. The number of nitrogens with zero attached hydrogens (tertiary/aromatic N) is 4. The van der Waals surface area contributed by atoms with Gasteiger partial charge in [0.25, 0.3) is 0 Å². The Morgan fingerprint density at radius 3 is 1.48 bits per heavy atom. The number of anilines is 3. The van der Waals surface area contributed by atoms with E-state index < -0.39 is 0 Å². The molecule has 0 unspecified atom stereocenters. The molecule has 0 N–H and O–H groups in total. The Kier molecular flexibility index (Phi) is 7.07. The van der Waals surface area contributed by atoms with Crippen LogP contribution in [0.4, 0.5) is 17.1 Å². The average molecular weight is 667 g/mol. The molecule has 4 heterocycles. The Hall–Kier alpha value is -7.11. The maximum Gasteiger partial charge on any atom is 0.139 e. The number of hydrogen-bond donors (Lipinski definition) is 0. The van der Waals surface area contributed by atoms with Crippen LogP contribution in [0.15, 0.2) is 187 Å². The summed E-state index contributed by atoms with van der Waals surface area (Å²) in [7, 11) is 0. The van der Waals surface area contributed by atoms with E-state index in [0.717, 1.165) is 94.3 Å². The molecule has 0 aliphatic heterocycles. The van der Waals surface area contributed by atoms with Gasteiger partial charge in [0.05, 0.1) is 16.7 Å². The van der Waals surface area contributed by atoms with Crippen molar-refractivity contribution < 1.29 is 4.42 Å². The second-order valence-corrected chi connectivity index (χ2v) is 13.0. The van der Waals surface area contributed by atoms with Crippen molar-refractivity contribution in [2.45, 2.75) is 0 Å². The number of pyridine rings is 3. The van der Waals surface area contributed by atoms with Gasteiger partial charge in [-0.05, 0) is 89.0 Å². The number of fused-ring (bicyclic) bond motifs is 5. The van der Waals surface area contributed by atoms with Crippen LogP contribution in [0.5, 0.6) is 0 Å². The monoisotopic (exact) mass is 666 g/mol. The molecular formula is C47H30N4O. The summed E-state index contributed by atoms with van der Waals surface area (Å²) >= 11 is 0. The van der Waals surface area contributed by atoms with Crippen LogP contribution in [0, 0.1) is 0 Å². The molecule has 10 rings (SSSR count). The van der Waals surface area contributed by atoms with Gasteiger partial charge >= 0.3 is 0 Å². The minimum atomic E-state index is 0.835. The number of para-hydroxylation sites is 1. The normalized spacial score (nSPS) is 11.5. The van der Waals surface area contributed by atoms with E-state index in [-0.39, 0.29) is 0 Å². The van der Waals surface area contributed by atoms with Crippen molar-refractivity contribution in [3.8, 4) is 33.5 Å². The molecule has 5 nitrogen and oxygen atoms in total. The SMILES string of the molecule is c1cnc2cc(-c3ccc(N(c4ccc(-c5ccc6cccnc6c5)cc4)c4ccc(-c5cc6oc7ccccc7c6cn5)cc4)cc3)ccc2c1. The Balaban J connectivity index is 1.02. The first-order chi connectivity index (χ1) is 25.7. The van der Waals surface area contributed by atoms with Gasteiger partial charge in [0, 0.05) is 68.8 Å². The van der Waals surface area contributed by atoms with Crippen LogP contribution in [-0.4, -0.2) is 15.0 Å². The number of aromatic nitrogens is 3. The van der Waals surface area contributed by atoms with Gasteiger partial charge < -0.3 is 9.32 Å². The molecule has 52 heavy (non-hydrogen) atoms. The number of benzene rings is 6. The molecule has 0 radical (unpaired) electrons. The van der Waals surface area contributed by atoms with Gasteiger partial charge in [0.2, 0.25) is 0 Å². The minimum Gasteiger partial charge on any atom is -0.456 e. The standard InChI is InChI=1S/C47H30N4O/c1-2-8-46-41(7-1)42-30-50-45(29-47(42)52-46)35-17-23-40(24-18-35)51(38-19-13-31(14-20-38)36-11-9-33-5-3-25-48-43(33)27-36)39-21-15-32(16-22-39)37-12-10-34-6-4-26-49-44(34)28-37/h1-30H. The molecule has 10 aromatic rings. The van der Waals surface area contributed by atoms with Crippen LogP contribution < -0.4 is 4.90 Å². The van der Waals surface area contributed by atoms with E-state index in [1.165, 1.54) is 0 Å². The second-order valence-electron chi connectivity index (χ2n) is 13.0. The van der Waals surface area contributed by atoms with Gasteiger partial charge in [-0.1, -0.05) is 91.0 Å². The fourth-order valence-corrected chi connectivity index (χ4v) is 7.10. The lowest BCUT2D eigenvalue weighted by Gasteiger charge is -2.26. The highest BCUT2D eigenvalue weighted by Crippen LogP contribution is 2.38. The zero-order chi connectivity index (χ0) is 34.4. The third-order valence-electron chi connectivity index (χ3n) is 9.81. The highest BCUT2D eigenvalue weighted by molar-refractivity contribution is 6.05. The van der Waals surface area contributed by atoms with E-state index in [4.69, 9.17) is 9.40 Å². The van der Waals surface area contributed by atoms with Crippen LogP contribution in [-0.2, 0) is 0 Å². The summed E-state index contributed by atoms with van der Waals surface area (Å²) in [6.07, 6.45) is 5.60. The lowest BCUT2D eigenvalue weighted by Crippen LogP contribution is -2.09. The fourth-order valence-electron chi connectivity index (χ4n) is 7.10. The predicted molar refractivity (Wildman–Crippen MR) is 213 cm³/mol. The zero-order valence-electron chi connectivity index (χ0n) is 28.0. The molecule has 244 valence electrons. The van der Waals surface area contributed by atoms with Crippen molar-refractivity contribution in [1.82, 2.24) is 15.0 Å². The first-order valence-corrected chi connectivity index (χ1v) is 17.3. The van der Waals surface area contributed by atoms with Gasteiger partial charge in [-0.15, -0.1) is 0 Å². The molecule has 0 amide bonds. The Morgan fingerprint density at radius 2 is 0.904 bits per heavy atom. The number of rotatable bonds is 6. The van der Waals surface area contributed by atoms with Gasteiger partial charge in [-0.25, -0.2) is 0 Å². The van der Waals surface area contributed by atoms with Crippen molar-refractivity contribution >= 4 is 60.8 Å². The maximum atomic E-state index is 6.16. The molecule has 0 aliphatic carbocycles. The van der Waals surface area contributed by atoms with E-state index in [2.05, 4.69) is 142 Å². The van der Waals surface area contributed by atoms with Crippen LogP contribution in [0.1, 0.15) is 0 Å². The molecule has 0 saturated heterocycles. The summed E-state index contributed by atoms with van der Waals surface area (Å²) in [4.78, 5) is 16.2. The summed E-state index contributed by atoms with van der Waals surface area (Å²) < 4.78 is 6.16. The average Bonchev–Trinajstić information content (AvgIpc) is 3.59. The largest absolute Gasteiger partial charge is 0.456 e. The zero-order valence-corrected chi connectivity index (χ0v) is 28.0. The molecule has 0 bridgehead atoms. The fraction of sp³-hybridized carbons (Fsp3) is 0. The van der Waals surface area contributed by atoms with Gasteiger partial charge in [-0.3, -0.25) is 15.0 Å². The molecule has 0 aliphatic rings. The highest BCUT2D eigenvalue weighted by atomic mass is 16.3. The quantitative estimate of drug-likeness (QED) is 0.177. The van der Waals surface area contributed by atoms with Crippen LogP contribution in [0.3, 0.4) is 0 Å². The van der Waals surface area contributed by atoms with Crippen molar-refractivity contribution in [3.63, 3.8) is 0 Å². The van der Waals surface area contributed by atoms with Crippen molar-refractivity contribution in [2.24, 2.45) is 0 Å². The summed E-state index contributed by atoms with van der Waals surface area (Å²) in [5.74, 6) is 0. The Bertz CT molecular complexity index is 2770. The minimum absolute atomic E-state index is 0.835. The number of hydrogen-bond acceptors (Lipinski definition) is 5. The Morgan fingerprint density at radius 1 is 0.385 bits per heavy atom. The van der Waals surface area contributed by atoms with Gasteiger partial charge in [0.15, 0.2) is 0 Å². The smallest absolute Gasteiger partial charge is 0.139 e. The topological polar surface area (TPSA) is 55.1 Å². The Labute approximate surface area is 300 Å². The van der Waals surface area contributed by atoms with Gasteiger partial charge in [0.1, 0.15) is 11.2 Å². The molecule has 0 spiro atoms. The predicted octanol–water partition coefficient (Wildman–Crippen LogP) is 12.5. The van der Waals surface area contributed by atoms with E-state index in [1.807, 2.05) is 55.0 Å².